The molecule has 1 unspecified atom stereocenters. The van der Waals surface area contributed by atoms with Gasteiger partial charge in [-0.05, 0) is 51.8 Å². The molecule has 0 aliphatic rings. The zero-order valence-electron chi connectivity index (χ0n) is 24.1. The largest absolute Gasteiger partial charge is 0.437 e. The normalized spacial score (nSPS) is 14.4. The van der Waals surface area contributed by atoms with E-state index in [1.54, 1.807) is 12.1 Å². The van der Waals surface area contributed by atoms with E-state index in [-0.39, 0.29) is 22.6 Å². The smallest absolute Gasteiger partial charge is 0.264 e. The summed E-state index contributed by atoms with van der Waals surface area (Å²) in [6.45, 7) is 16.8. The van der Waals surface area contributed by atoms with Crippen molar-refractivity contribution in [2.75, 3.05) is 0 Å². The topological polar surface area (TPSA) is 85.2 Å². The Kier molecular flexibility index (Phi) is 10.4. The highest BCUT2D eigenvalue weighted by molar-refractivity contribution is 7.86. The summed E-state index contributed by atoms with van der Waals surface area (Å²) in [5.74, 6) is -0.348. The molecule has 10 heteroatoms. The molecular formula is C29H40F3NO5S. The molecule has 39 heavy (non-hydrogen) atoms. The van der Waals surface area contributed by atoms with Crippen molar-refractivity contribution in [1.82, 2.24) is 0 Å². The highest BCUT2D eigenvalue weighted by atomic mass is 32.2. The van der Waals surface area contributed by atoms with E-state index in [0.29, 0.717) is 23.1 Å². The highest BCUT2D eigenvalue weighted by Gasteiger charge is 2.39. The van der Waals surface area contributed by atoms with Crippen LogP contribution in [0.15, 0.2) is 46.4 Å². The quantitative estimate of drug-likeness (QED) is 0.166. The van der Waals surface area contributed by atoms with Crippen LogP contribution in [0.1, 0.15) is 120 Å². The van der Waals surface area contributed by atoms with E-state index < -0.39 is 39.1 Å². The molecule has 6 nitrogen and oxygen atoms in total. The molecule has 0 aromatic heterocycles. The first kappa shape index (κ1) is 32.8. The molecule has 0 radical (unpaired) electrons. The van der Waals surface area contributed by atoms with E-state index in [4.69, 9.17) is 4.28 Å². The minimum absolute atomic E-state index is 0.120. The molecule has 0 aliphatic carbocycles. The fourth-order valence-corrected chi connectivity index (χ4v) is 5.64. The monoisotopic (exact) mass is 571 g/mol. The zero-order chi connectivity index (χ0) is 29.9. The molecule has 1 atom stereocenters. The number of hydrogen-bond donors (Lipinski definition) is 1. The lowest BCUT2D eigenvalue weighted by Gasteiger charge is -2.31. The average molecular weight is 572 g/mol. The molecule has 1 N–H and O–H groups in total. The Hall–Kier alpha value is -2.43. The van der Waals surface area contributed by atoms with Crippen LogP contribution in [0.3, 0.4) is 0 Å². The average Bonchev–Trinajstić information content (AvgIpc) is 2.83. The summed E-state index contributed by atoms with van der Waals surface area (Å²) < 4.78 is 73.7. The van der Waals surface area contributed by atoms with Gasteiger partial charge in [0, 0.05) is 5.56 Å². The summed E-state index contributed by atoms with van der Waals surface area (Å²) in [6, 6.07) is 8.57. The third kappa shape index (κ3) is 7.61. The van der Waals surface area contributed by atoms with Crippen LogP contribution in [0.4, 0.5) is 13.2 Å². The van der Waals surface area contributed by atoms with Crippen molar-refractivity contribution < 1.29 is 36.0 Å². The lowest BCUT2D eigenvalue weighted by Crippen LogP contribution is -2.26. The molecule has 0 saturated carbocycles. The van der Waals surface area contributed by atoms with Gasteiger partial charge in [0.2, 0.25) is 0 Å². The van der Waals surface area contributed by atoms with Crippen LogP contribution in [0, 0.1) is 5.41 Å². The lowest BCUT2D eigenvalue weighted by atomic mass is 9.80. The second kappa shape index (κ2) is 12.4. The van der Waals surface area contributed by atoms with E-state index in [1.807, 2.05) is 62.3 Å². The number of halogens is 3. The lowest BCUT2D eigenvalue weighted by molar-refractivity contribution is -0.305. The van der Waals surface area contributed by atoms with Gasteiger partial charge in [0.1, 0.15) is 11.0 Å². The molecule has 0 saturated heterocycles. The van der Waals surface area contributed by atoms with Crippen molar-refractivity contribution in [3.8, 4) is 0 Å². The number of hydrogen-bond acceptors (Lipinski definition) is 6. The molecule has 0 spiro atoms. The molecule has 218 valence electrons. The van der Waals surface area contributed by atoms with Crippen LogP contribution in [-0.2, 0) is 19.3 Å². The van der Waals surface area contributed by atoms with Crippen LogP contribution < -0.4 is 0 Å². The van der Waals surface area contributed by atoms with Crippen molar-refractivity contribution in [2.45, 2.75) is 104 Å². The Morgan fingerprint density at radius 2 is 1.38 bits per heavy atom. The minimum atomic E-state index is -5.00. The van der Waals surface area contributed by atoms with Gasteiger partial charge in [0.15, 0.2) is 5.71 Å². The van der Waals surface area contributed by atoms with Crippen molar-refractivity contribution in [3.05, 3.63) is 64.2 Å². The standard InChI is InChI=1S/C29H40F3NO5S/c1-10-28(8,9)27(37-34)21-13-11-20(12-14-21)26(29(30,31)32)33-38-39(35,36)25-23(18(4)5)15-22(17(2)3)16-24(25)19(6)7/h11-19,27,34H,10H2,1-9H3. The number of nitrogens with zero attached hydrogens (tertiary/aromatic N) is 1. The molecule has 0 fully saturated rings. The number of rotatable bonds is 11. The second-order valence-electron chi connectivity index (χ2n) is 11.4. The van der Waals surface area contributed by atoms with E-state index in [2.05, 4.69) is 10.0 Å². The summed E-state index contributed by atoms with van der Waals surface area (Å²) in [5, 5.41) is 12.6. The minimum Gasteiger partial charge on any atom is -0.264 e. The maximum atomic E-state index is 14.0. The third-order valence-electron chi connectivity index (χ3n) is 7.04. The van der Waals surface area contributed by atoms with Gasteiger partial charge in [0.25, 0.3) is 0 Å². The van der Waals surface area contributed by atoms with Crippen molar-refractivity contribution in [3.63, 3.8) is 0 Å². The fourth-order valence-electron chi connectivity index (χ4n) is 4.23. The van der Waals surface area contributed by atoms with Crippen LogP contribution in [0.25, 0.3) is 0 Å². The Morgan fingerprint density at radius 1 is 0.897 bits per heavy atom. The Labute approximate surface area is 230 Å². The van der Waals surface area contributed by atoms with E-state index >= 15 is 0 Å². The van der Waals surface area contributed by atoms with E-state index in [1.165, 1.54) is 12.1 Å². The second-order valence-corrected chi connectivity index (χ2v) is 12.9. The first-order chi connectivity index (χ1) is 17.9. The summed E-state index contributed by atoms with van der Waals surface area (Å²) in [5.41, 5.74) is -0.0745. The van der Waals surface area contributed by atoms with E-state index in [9.17, 15) is 26.8 Å². The molecule has 0 bridgehead atoms. The Bertz CT molecular complexity index is 1240. The van der Waals surface area contributed by atoms with Crippen molar-refractivity contribution in [1.29, 1.82) is 0 Å². The summed E-state index contributed by atoms with van der Waals surface area (Å²) in [4.78, 5) is 4.48. The van der Waals surface area contributed by atoms with Gasteiger partial charge in [-0.15, -0.1) is 0 Å². The van der Waals surface area contributed by atoms with Gasteiger partial charge in [-0.3, -0.25) is 9.54 Å². The molecular weight excluding hydrogens is 531 g/mol. The predicted molar refractivity (Wildman–Crippen MR) is 147 cm³/mol. The number of oxime groups is 1. The molecule has 2 rings (SSSR count). The van der Waals surface area contributed by atoms with Crippen LogP contribution in [0.5, 0.6) is 0 Å². The SMILES string of the molecule is CCC(C)(C)C(OO)c1ccc(C(=NOS(=O)(=O)c2c(C(C)C)cc(C(C)C)cc2C(C)C)C(F)(F)F)cc1. The maximum Gasteiger partial charge on any atom is 0.437 e. The first-order valence-electron chi connectivity index (χ1n) is 13.0. The third-order valence-corrected chi connectivity index (χ3v) is 8.28. The molecule has 2 aromatic rings. The Balaban J connectivity index is 2.62. The van der Waals surface area contributed by atoms with Gasteiger partial charge in [0.05, 0.1) is 0 Å². The first-order valence-corrected chi connectivity index (χ1v) is 14.4. The zero-order valence-corrected chi connectivity index (χ0v) is 24.9. The molecule has 0 amide bonds. The van der Waals surface area contributed by atoms with Crippen LogP contribution in [-0.4, -0.2) is 25.6 Å². The van der Waals surface area contributed by atoms with Crippen molar-refractivity contribution in [2.24, 2.45) is 10.6 Å². The summed E-state index contributed by atoms with van der Waals surface area (Å²) in [7, 11) is -4.71. The van der Waals surface area contributed by atoms with Gasteiger partial charge < -0.3 is 0 Å². The number of benzene rings is 2. The van der Waals surface area contributed by atoms with E-state index in [0.717, 1.165) is 17.7 Å². The molecule has 0 aliphatic heterocycles. The fraction of sp³-hybridized carbons (Fsp3) is 0.552. The van der Waals surface area contributed by atoms with Crippen molar-refractivity contribution >= 4 is 15.8 Å². The van der Waals surface area contributed by atoms with Gasteiger partial charge in [-0.1, -0.05) is 104 Å². The van der Waals surface area contributed by atoms with Gasteiger partial charge >= 0.3 is 16.3 Å². The van der Waals surface area contributed by atoms with Gasteiger partial charge in [-0.2, -0.15) is 21.6 Å². The summed E-state index contributed by atoms with van der Waals surface area (Å²) in [6.07, 6.45) is -5.15. The highest BCUT2D eigenvalue weighted by Crippen LogP contribution is 2.39. The van der Waals surface area contributed by atoms with Gasteiger partial charge in [-0.25, -0.2) is 4.89 Å². The summed E-state index contributed by atoms with van der Waals surface area (Å²) >= 11 is 0. The number of alkyl halides is 3. The maximum absolute atomic E-state index is 14.0. The predicted octanol–water partition coefficient (Wildman–Crippen LogP) is 8.70. The van der Waals surface area contributed by atoms with Crippen LogP contribution >= 0.6 is 0 Å². The molecule has 2 aromatic carbocycles. The molecule has 0 heterocycles. The van der Waals surface area contributed by atoms with Crippen LogP contribution in [0.2, 0.25) is 0 Å². The Morgan fingerprint density at radius 3 is 1.74 bits per heavy atom.